The zero-order chi connectivity index (χ0) is 17.6. The lowest BCUT2D eigenvalue weighted by Crippen LogP contribution is -2.54. The zero-order valence-electron chi connectivity index (χ0n) is 15.7. The lowest BCUT2D eigenvalue weighted by Gasteiger charge is -2.38. The van der Waals surface area contributed by atoms with Gasteiger partial charge in [-0.15, -0.1) is 0 Å². The highest BCUT2D eigenvalue weighted by atomic mass is 32.2. The van der Waals surface area contributed by atoms with Crippen LogP contribution in [0, 0.1) is 5.92 Å². The van der Waals surface area contributed by atoms with Crippen LogP contribution in [0.25, 0.3) is 0 Å². The highest BCUT2D eigenvalue weighted by molar-refractivity contribution is 7.86. The molecule has 1 rings (SSSR count). The van der Waals surface area contributed by atoms with Gasteiger partial charge < -0.3 is 9.64 Å². The molecule has 0 radical (unpaired) electrons. The first-order valence-corrected chi connectivity index (χ1v) is 10.2. The van der Waals surface area contributed by atoms with Gasteiger partial charge in [0.1, 0.15) is 0 Å². The molecule has 0 saturated carbocycles. The van der Waals surface area contributed by atoms with E-state index >= 15 is 0 Å². The van der Waals surface area contributed by atoms with Crippen LogP contribution in [0.5, 0.6) is 0 Å². The third-order valence-corrected chi connectivity index (χ3v) is 6.10. The average Bonchev–Trinajstić information content (AvgIpc) is 2.45. The number of rotatable bonds is 9. The Morgan fingerprint density at radius 1 is 1.09 bits per heavy atom. The third kappa shape index (κ3) is 6.31. The Bertz CT molecular complexity index is 428. The van der Waals surface area contributed by atoms with Gasteiger partial charge in [-0.1, -0.05) is 27.7 Å². The molecule has 1 heterocycles. The van der Waals surface area contributed by atoms with E-state index in [-0.39, 0.29) is 12.2 Å². The molecule has 23 heavy (non-hydrogen) atoms. The van der Waals surface area contributed by atoms with Crippen LogP contribution in [-0.4, -0.2) is 79.9 Å². The van der Waals surface area contributed by atoms with Crippen LogP contribution in [0.4, 0.5) is 0 Å². The average molecular weight is 350 g/mol. The summed E-state index contributed by atoms with van der Waals surface area (Å²) >= 11 is 0. The summed E-state index contributed by atoms with van der Waals surface area (Å²) in [7, 11) is -3.44. The topological polar surface area (TPSA) is 53.1 Å². The minimum atomic E-state index is -3.44. The van der Waals surface area contributed by atoms with Crippen LogP contribution in [0.15, 0.2) is 0 Å². The molecule has 1 aliphatic rings. The van der Waals surface area contributed by atoms with Gasteiger partial charge in [-0.05, 0) is 32.9 Å². The van der Waals surface area contributed by atoms with Gasteiger partial charge in [0.15, 0.2) is 0 Å². The number of hydrogen-bond acceptors (Lipinski definition) is 4. The van der Waals surface area contributed by atoms with Gasteiger partial charge in [0.2, 0.25) is 0 Å². The highest BCUT2D eigenvalue weighted by Crippen LogP contribution is 2.18. The standard InChI is InChI=1S/C16H35N3O3S/c1-7-17(8-2)9-10-18(11-14(3)4)23(20,21)19-12-15(5)22-16(6)13-19/h14-16H,7-13H2,1-6H3. The van der Waals surface area contributed by atoms with E-state index < -0.39 is 10.2 Å². The van der Waals surface area contributed by atoms with Gasteiger partial charge >= 0.3 is 0 Å². The van der Waals surface area contributed by atoms with Crippen LogP contribution in [-0.2, 0) is 14.9 Å². The molecule has 0 bridgehead atoms. The van der Waals surface area contributed by atoms with Crippen molar-refractivity contribution in [3.05, 3.63) is 0 Å². The van der Waals surface area contributed by atoms with E-state index in [1.807, 2.05) is 13.8 Å². The molecule has 0 aromatic rings. The first kappa shape index (κ1) is 20.8. The summed E-state index contributed by atoms with van der Waals surface area (Å²) in [6, 6.07) is 0. The fourth-order valence-electron chi connectivity index (χ4n) is 2.98. The van der Waals surface area contributed by atoms with Gasteiger partial charge in [0.25, 0.3) is 10.2 Å². The molecule has 1 fully saturated rings. The van der Waals surface area contributed by atoms with Crippen molar-refractivity contribution in [2.24, 2.45) is 5.92 Å². The van der Waals surface area contributed by atoms with Crippen LogP contribution in [0.1, 0.15) is 41.5 Å². The minimum absolute atomic E-state index is 0.0581. The summed E-state index contributed by atoms with van der Waals surface area (Å²) in [5, 5.41) is 0. The number of morpholine rings is 1. The van der Waals surface area contributed by atoms with Crippen molar-refractivity contribution in [1.82, 2.24) is 13.5 Å². The van der Waals surface area contributed by atoms with Crippen LogP contribution in [0.3, 0.4) is 0 Å². The van der Waals surface area contributed by atoms with Gasteiger partial charge in [-0.25, -0.2) is 0 Å². The van der Waals surface area contributed by atoms with Gasteiger partial charge in [-0.2, -0.15) is 17.0 Å². The Labute approximate surface area is 142 Å². The molecule has 1 aliphatic heterocycles. The molecule has 2 atom stereocenters. The van der Waals surface area contributed by atoms with Crippen molar-refractivity contribution in [3.63, 3.8) is 0 Å². The van der Waals surface area contributed by atoms with E-state index in [9.17, 15) is 8.42 Å². The van der Waals surface area contributed by atoms with Crippen molar-refractivity contribution in [3.8, 4) is 0 Å². The highest BCUT2D eigenvalue weighted by Gasteiger charge is 2.35. The molecular weight excluding hydrogens is 314 g/mol. The van der Waals surface area contributed by atoms with Crippen molar-refractivity contribution in [1.29, 1.82) is 0 Å². The van der Waals surface area contributed by atoms with Crippen molar-refractivity contribution >= 4 is 10.2 Å². The predicted molar refractivity (Wildman–Crippen MR) is 94.7 cm³/mol. The van der Waals surface area contributed by atoms with Gasteiger partial charge in [-0.3, -0.25) is 0 Å². The Morgan fingerprint density at radius 3 is 2.04 bits per heavy atom. The molecule has 7 heteroatoms. The first-order valence-electron chi connectivity index (χ1n) is 8.83. The minimum Gasteiger partial charge on any atom is -0.373 e. The smallest absolute Gasteiger partial charge is 0.282 e. The summed E-state index contributed by atoms with van der Waals surface area (Å²) in [5.41, 5.74) is 0. The van der Waals surface area contributed by atoms with Crippen molar-refractivity contribution in [2.45, 2.75) is 53.8 Å². The van der Waals surface area contributed by atoms with Crippen LogP contribution in [0.2, 0.25) is 0 Å². The summed E-state index contributed by atoms with van der Waals surface area (Å²) in [6.07, 6.45) is -0.116. The number of nitrogens with zero attached hydrogens (tertiary/aromatic N) is 3. The Hall–Kier alpha value is -0.210. The molecule has 0 amide bonds. The summed E-state index contributed by atoms with van der Waals surface area (Å²) in [5.74, 6) is 0.303. The van der Waals surface area contributed by atoms with Gasteiger partial charge in [0.05, 0.1) is 12.2 Å². The second-order valence-corrected chi connectivity index (χ2v) is 8.79. The maximum Gasteiger partial charge on any atom is 0.282 e. The second kappa shape index (κ2) is 9.32. The van der Waals surface area contributed by atoms with Crippen molar-refractivity contribution < 1.29 is 13.2 Å². The SMILES string of the molecule is CCN(CC)CCN(CC(C)C)S(=O)(=O)N1CC(C)OC(C)C1. The molecular formula is C16H35N3O3S. The molecule has 138 valence electrons. The molecule has 0 aliphatic carbocycles. The monoisotopic (exact) mass is 349 g/mol. The Kier molecular flexibility index (Phi) is 8.44. The van der Waals surface area contributed by atoms with Crippen LogP contribution >= 0.6 is 0 Å². The van der Waals surface area contributed by atoms with Crippen LogP contribution < -0.4 is 0 Å². The summed E-state index contributed by atoms with van der Waals surface area (Å²) in [4.78, 5) is 2.26. The number of likely N-dealkylation sites (N-methyl/N-ethyl adjacent to an activating group) is 1. The molecule has 0 aromatic carbocycles. The zero-order valence-corrected chi connectivity index (χ0v) is 16.5. The quantitative estimate of drug-likeness (QED) is 0.635. The molecule has 0 aromatic heterocycles. The molecule has 0 spiro atoms. The molecule has 6 nitrogen and oxygen atoms in total. The summed E-state index contributed by atoms with van der Waals surface area (Å²) < 4.78 is 35.1. The van der Waals surface area contributed by atoms with E-state index in [2.05, 4.69) is 32.6 Å². The maximum atomic E-state index is 13.1. The fraction of sp³-hybridized carbons (Fsp3) is 1.00. The molecule has 0 N–H and O–H groups in total. The van der Waals surface area contributed by atoms with E-state index in [1.54, 1.807) is 8.61 Å². The maximum absolute atomic E-state index is 13.1. The third-order valence-electron chi connectivity index (χ3n) is 4.17. The van der Waals surface area contributed by atoms with Gasteiger partial charge in [0, 0.05) is 32.7 Å². The van der Waals surface area contributed by atoms with E-state index in [1.165, 1.54) is 0 Å². The molecule has 2 unspecified atom stereocenters. The lowest BCUT2D eigenvalue weighted by molar-refractivity contribution is -0.0455. The second-order valence-electron chi connectivity index (χ2n) is 6.86. The van der Waals surface area contributed by atoms with E-state index in [0.717, 1.165) is 19.6 Å². The number of hydrogen-bond donors (Lipinski definition) is 0. The Balaban J connectivity index is 2.85. The Morgan fingerprint density at radius 2 is 1.61 bits per heavy atom. The first-order chi connectivity index (χ1) is 10.7. The van der Waals surface area contributed by atoms with E-state index in [0.29, 0.717) is 32.1 Å². The van der Waals surface area contributed by atoms with Crippen molar-refractivity contribution in [2.75, 3.05) is 45.8 Å². The predicted octanol–water partition coefficient (Wildman–Crippen LogP) is 1.64. The number of ether oxygens (including phenoxy) is 1. The van der Waals surface area contributed by atoms with E-state index in [4.69, 9.17) is 4.74 Å². The fourth-order valence-corrected chi connectivity index (χ4v) is 4.91. The lowest BCUT2D eigenvalue weighted by atomic mass is 10.2. The largest absolute Gasteiger partial charge is 0.373 e. The normalized spacial score (nSPS) is 24.0. The summed E-state index contributed by atoms with van der Waals surface area (Å²) in [6.45, 7) is 16.8. The molecule has 1 saturated heterocycles.